The van der Waals surface area contributed by atoms with Crippen LogP contribution in [0.3, 0.4) is 0 Å². The minimum Gasteiger partial charge on any atom is -0.481 e. The number of hydrogen-bond acceptors (Lipinski definition) is 3. The molecule has 0 aliphatic heterocycles. The predicted molar refractivity (Wildman–Crippen MR) is 73.7 cm³/mol. The van der Waals surface area contributed by atoms with E-state index in [1.165, 1.54) is 0 Å². The Morgan fingerprint density at radius 2 is 1.89 bits per heavy atom. The van der Waals surface area contributed by atoms with E-state index in [1.807, 2.05) is 6.92 Å². The third-order valence-electron chi connectivity index (χ3n) is 3.97. The quantitative estimate of drug-likeness (QED) is 0.686. The fourth-order valence-corrected chi connectivity index (χ4v) is 2.88. The fraction of sp³-hybridized carbons (Fsp3) is 0.857. The summed E-state index contributed by atoms with van der Waals surface area (Å²) in [6, 6.07) is 0. The molecule has 1 atom stereocenters. The van der Waals surface area contributed by atoms with E-state index in [9.17, 15) is 9.59 Å². The number of carbonyl (C=O) groups is 2. The van der Waals surface area contributed by atoms with Crippen molar-refractivity contribution in [2.75, 3.05) is 0 Å². The van der Waals surface area contributed by atoms with Gasteiger partial charge in [0.1, 0.15) is 0 Å². The lowest BCUT2D eigenvalue weighted by atomic mass is 9.78. The summed E-state index contributed by atoms with van der Waals surface area (Å²) in [5.74, 6) is -1.09. The van der Waals surface area contributed by atoms with Crippen LogP contribution >= 0.6 is 0 Å². The number of carboxylic acid groups (broad SMARTS) is 1. The second kappa shape index (κ2) is 6.37. The van der Waals surface area contributed by atoms with Crippen LogP contribution in [0, 0.1) is 0 Å². The zero-order valence-corrected chi connectivity index (χ0v) is 12.0. The lowest BCUT2D eigenvalue weighted by Gasteiger charge is -2.39. The standard InChI is InChI=1S/C14H26N2O3/c1-3-7-13(2,15)12(19)16-14(10-11(17)18)8-5-4-6-9-14/h3-10,15H2,1-2H3,(H,16,19)(H,17,18). The summed E-state index contributed by atoms with van der Waals surface area (Å²) in [4.78, 5) is 23.3. The topological polar surface area (TPSA) is 92.4 Å². The average molecular weight is 270 g/mol. The first kappa shape index (κ1) is 16.0. The van der Waals surface area contributed by atoms with Gasteiger partial charge in [-0.2, -0.15) is 0 Å². The van der Waals surface area contributed by atoms with Crippen molar-refractivity contribution in [1.29, 1.82) is 0 Å². The third-order valence-corrected chi connectivity index (χ3v) is 3.97. The zero-order valence-electron chi connectivity index (χ0n) is 12.0. The Morgan fingerprint density at radius 3 is 2.37 bits per heavy atom. The summed E-state index contributed by atoms with van der Waals surface area (Å²) in [6.07, 6.45) is 5.90. The maximum absolute atomic E-state index is 12.3. The molecule has 1 aliphatic carbocycles. The molecule has 5 heteroatoms. The molecule has 1 amide bonds. The lowest BCUT2D eigenvalue weighted by molar-refractivity contribution is -0.140. The van der Waals surface area contributed by atoms with Crippen molar-refractivity contribution >= 4 is 11.9 Å². The maximum Gasteiger partial charge on any atom is 0.305 e. The van der Waals surface area contributed by atoms with Crippen LogP contribution in [-0.2, 0) is 9.59 Å². The second-order valence-electron chi connectivity index (χ2n) is 6.03. The first-order valence-corrected chi connectivity index (χ1v) is 7.15. The van der Waals surface area contributed by atoms with Gasteiger partial charge in [0, 0.05) is 0 Å². The molecule has 0 bridgehead atoms. The van der Waals surface area contributed by atoms with Crippen molar-refractivity contribution in [1.82, 2.24) is 5.32 Å². The van der Waals surface area contributed by atoms with Crippen LogP contribution in [-0.4, -0.2) is 28.1 Å². The molecule has 1 rings (SSSR count). The Kier molecular flexibility index (Phi) is 5.35. The molecule has 0 radical (unpaired) electrons. The number of carbonyl (C=O) groups excluding carboxylic acids is 1. The third kappa shape index (κ3) is 4.49. The van der Waals surface area contributed by atoms with Crippen LogP contribution in [0.15, 0.2) is 0 Å². The van der Waals surface area contributed by atoms with E-state index in [0.717, 1.165) is 38.5 Å². The summed E-state index contributed by atoms with van der Waals surface area (Å²) < 4.78 is 0. The van der Waals surface area contributed by atoms with Gasteiger partial charge in [-0.05, 0) is 26.2 Å². The molecule has 1 saturated carbocycles. The van der Waals surface area contributed by atoms with E-state index in [1.54, 1.807) is 6.92 Å². The van der Waals surface area contributed by atoms with Crippen molar-refractivity contribution < 1.29 is 14.7 Å². The average Bonchev–Trinajstić information content (AvgIpc) is 2.28. The Hall–Kier alpha value is -1.10. The highest BCUT2D eigenvalue weighted by Crippen LogP contribution is 2.31. The number of nitrogens with two attached hydrogens (primary N) is 1. The molecule has 1 unspecified atom stereocenters. The first-order valence-electron chi connectivity index (χ1n) is 7.15. The molecule has 4 N–H and O–H groups in total. The number of amides is 1. The van der Waals surface area contributed by atoms with Gasteiger partial charge in [0.2, 0.25) is 5.91 Å². The number of rotatable bonds is 6. The maximum atomic E-state index is 12.3. The van der Waals surface area contributed by atoms with E-state index in [4.69, 9.17) is 10.8 Å². The molecule has 0 aromatic heterocycles. The predicted octanol–water partition coefficient (Wildman–Crippen LogP) is 1.80. The van der Waals surface area contributed by atoms with Crippen molar-refractivity contribution in [2.45, 2.75) is 76.3 Å². The Labute approximate surface area is 114 Å². The molecule has 5 nitrogen and oxygen atoms in total. The number of nitrogens with one attached hydrogen (secondary N) is 1. The summed E-state index contributed by atoms with van der Waals surface area (Å²) in [7, 11) is 0. The molecule has 1 aliphatic rings. The Morgan fingerprint density at radius 1 is 1.32 bits per heavy atom. The number of hydrogen-bond donors (Lipinski definition) is 3. The van der Waals surface area contributed by atoms with Crippen molar-refractivity contribution in [3.8, 4) is 0 Å². The molecule has 0 saturated heterocycles. The van der Waals surface area contributed by atoms with Gasteiger partial charge in [-0.25, -0.2) is 0 Å². The highest BCUT2D eigenvalue weighted by atomic mass is 16.4. The first-order chi connectivity index (χ1) is 8.81. The van der Waals surface area contributed by atoms with Crippen LogP contribution in [0.25, 0.3) is 0 Å². The van der Waals surface area contributed by atoms with Crippen molar-refractivity contribution in [2.24, 2.45) is 5.73 Å². The van der Waals surface area contributed by atoms with Crippen LogP contribution in [0.4, 0.5) is 0 Å². The second-order valence-corrected chi connectivity index (χ2v) is 6.03. The molecule has 19 heavy (non-hydrogen) atoms. The van der Waals surface area contributed by atoms with Gasteiger partial charge in [0.15, 0.2) is 0 Å². The Balaban J connectivity index is 2.77. The van der Waals surface area contributed by atoms with E-state index in [-0.39, 0.29) is 12.3 Å². The number of carboxylic acids is 1. The van der Waals surface area contributed by atoms with Gasteiger partial charge in [-0.3, -0.25) is 9.59 Å². The number of aliphatic carboxylic acids is 1. The van der Waals surface area contributed by atoms with Gasteiger partial charge in [-0.1, -0.05) is 32.6 Å². The minimum absolute atomic E-state index is 0.0130. The molecule has 0 heterocycles. The molecular formula is C14H26N2O3. The molecule has 0 spiro atoms. The van der Waals surface area contributed by atoms with Crippen LogP contribution in [0.5, 0.6) is 0 Å². The Bertz CT molecular complexity index is 334. The molecule has 0 aromatic carbocycles. The zero-order chi connectivity index (χ0) is 14.5. The summed E-state index contributed by atoms with van der Waals surface area (Å²) in [5.41, 5.74) is 4.50. The highest BCUT2D eigenvalue weighted by molar-refractivity contribution is 5.86. The SMILES string of the molecule is CCCC(C)(N)C(=O)NC1(CC(=O)O)CCCCC1. The van der Waals surface area contributed by atoms with Crippen molar-refractivity contribution in [3.05, 3.63) is 0 Å². The van der Waals surface area contributed by atoms with Crippen molar-refractivity contribution in [3.63, 3.8) is 0 Å². The van der Waals surface area contributed by atoms with Gasteiger partial charge in [0.05, 0.1) is 17.5 Å². The molecule has 110 valence electrons. The summed E-state index contributed by atoms with van der Waals surface area (Å²) >= 11 is 0. The van der Waals surface area contributed by atoms with Crippen LogP contribution < -0.4 is 11.1 Å². The largest absolute Gasteiger partial charge is 0.481 e. The van der Waals surface area contributed by atoms with Crippen LogP contribution in [0.2, 0.25) is 0 Å². The fourth-order valence-electron chi connectivity index (χ4n) is 2.88. The minimum atomic E-state index is -0.919. The van der Waals surface area contributed by atoms with Crippen LogP contribution in [0.1, 0.15) is 65.2 Å². The van der Waals surface area contributed by atoms with E-state index in [0.29, 0.717) is 6.42 Å². The monoisotopic (exact) mass is 270 g/mol. The summed E-state index contributed by atoms with van der Waals surface area (Å²) in [6.45, 7) is 3.69. The van der Waals surface area contributed by atoms with E-state index < -0.39 is 17.0 Å². The smallest absolute Gasteiger partial charge is 0.305 e. The molecular weight excluding hydrogens is 244 g/mol. The lowest BCUT2D eigenvalue weighted by Crippen LogP contribution is -2.60. The molecule has 0 aromatic rings. The molecule has 1 fully saturated rings. The van der Waals surface area contributed by atoms with E-state index in [2.05, 4.69) is 5.32 Å². The van der Waals surface area contributed by atoms with Gasteiger partial charge >= 0.3 is 5.97 Å². The van der Waals surface area contributed by atoms with E-state index >= 15 is 0 Å². The highest BCUT2D eigenvalue weighted by Gasteiger charge is 2.39. The normalized spacial score (nSPS) is 21.4. The van der Waals surface area contributed by atoms with Gasteiger partial charge in [-0.15, -0.1) is 0 Å². The summed E-state index contributed by atoms with van der Waals surface area (Å²) in [5, 5.41) is 12.0. The van der Waals surface area contributed by atoms with Gasteiger partial charge in [0.25, 0.3) is 0 Å². The van der Waals surface area contributed by atoms with Gasteiger partial charge < -0.3 is 16.2 Å².